The number of hydrogen-bond acceptors (Lipinski definition) is 3. The van der Waals surface area contributed by atoms with E-state index in [0.717, 1.165) is 11.5 Å². The zero-order valence-corrected chi connectivity index (χ0v) is 11.3. The molecule has 0 bridgehead atoms. The van der Waals surface area contributed by atoms with Gasteiger partial charge in [0.2, 0.25) is 5.91 Å². The maximum Gasteiger partial charge on any atom is 0.303 e. The van der Waals surface area contributed by atoms with Crippen molar-refractivity contribution in [3.05, 3.63) is 12.7 Å². The van der Waals surface area contributed by atoms with E-state index in [4.69, 9.17) is 5.11 Å². The summed E-state index contributed by atoms with van der Waals surface area (Å²) in [6, 6.07) is 0. The van der Waals surface area contributed by atoms with Crippen molar-refractivity contribution in [2.45, 2.75) is 26.7 Å². The third-order valence-corrected chi connectivity index (χ3v) is 3.04. The molecule has 17 heavy (non-hydrogen) atoms. The van der Waals surface area contributed by atoms with E-state index < -0.39 is 11.4 Å². The fourth-order valence-corrected chi connectivity index (χ4v) is 1.98. The molecular formula is C12H21NO3S. The molecule has 0 saturated heterocycles. The Morgan fingerprint density at radius 2 is 2.06 bits per heavy atom. The first-order valence-electron chi connectivity index (χ1n) is 5.54. The van der Waals surface area contributed by atoms with Crippen LogP contribution in [0.4, 0.5) is 0 Å². The van der Waals surface area contributed by atoms with E-state index in [9.17, 15) is 9.59 Å². The Balaban J connectivity index is 3.77. The van der Waals surface area contributed by atoms with Crippen molar-refractivity contribution in [2.24, 2.45) is 5.41 Å². The minimum atomic E-state index is -0.871. The van der Waals surface area contributed by atoms with Crippen LogP contribution < -0.4 is 5.32 Å². The number of carboxylic acids is 1. The average molecular weight is 259 g/mol. The maximum atomic E-state index is 11.5. The Hall–Kier alpha value is -0.970. The molecule has 0 rings (SSSR count). The second-order valence-electron chi connectivity index (χ2n) is 4.63. The molecule has 0 atom stereocenters. The lowest BCUT2D eigenvalue weighted by molar-refractivity contribution is -0.139. The van der Waals surface area contributed by atoms with Gasteiger partial charge < -0.3 is 10.4 Å². The number of carboxylic acid groups (broad SMARTS) is 1. The highest BCUT2D eigenvalue weighted by Crippen LogP contribution is 2.24. The molecule has 0 aromatic heterocycles. The molecule has 1 amide bonds. The molecule has 0 aromatic carbocycles. The van der Waals surface area contributed by atoms with Gasteiger partial charge in [-0.3, -0.25) is 9.59 Å². The zero-order chi connectivity index (χ0) is 13.3. The largest absolute Gasteiger partial charge is 0.481 e. The van der Waals surface area contributed by atoms with Crippen LogP contribution in [0, 0.1) is 5.41 Å². The van der Waals surface area contributed by atoms with E-state index >= 15 is 0 Å². The molecule has 0 aliphatic carbocycles. The van der Waals surface area contributed by atoms with Crippen LogP contribution in [-0.2, 0) is 9.59 Å². The summed E-state index contributed by atoms with van der Waals surface area (Å²) >= 11 is 1.70. The molecule has 0 radical (unpaired) electrons. The quantitative estimate of drug-likeness (QED) is 0.490. The van der Waals surface area contributed by atoms with Crippen LogP contribution in [-0.4, -0.2) is 35.0 Å². The minimum absolute atomic E-state index is 0.00559. The van der Waals surface area contributed by atoms with Crippen molar-refractivity contribution in [3.63, 3.8) is 0 Å². The molecule has 0 heterocycles. The smallest absolute Gasteiger partial charge is 0.303 e. The van der Waals surface area contributed by atoms with Gasteiger partial charge in [0.1, 0.15) is 0 Å². The fourth-order valence-electron chi connectivity index (χ4n) is 1.40. The highest BCUT2D eigenvalue weighted by Gasteiger charge is 2.24. The van der Waals surface area contributed by atoms with E-state index in [2.05, 4.69) is 11.9 Å². The van der Waals surface area contributed by atoms with E-state index in [1.807, 2.05) is 6.08 Å². The number of carbonyl (C=O) groups is 2. The lowest BCUT2D eigenvalue weighted by Gasteiger charge is -2.21. The normalized spacial score (nSPS) is 10.9. The van der Waals surface area contributed by atoms with Crippen LogP contribution in [0.3, 0.4) is 0 Å². The molecule has 0 unspecified atom stereocenters. The van der Waals surface area contributed by atoms with E-state index in [1.54, 1.807) is 25.6 Å². The van der Waals surface area contributed by atoms with Gasteiger partial charge in [-0.2, -0.15) is 11.8 Å². The van der Waals surface area contributed by atoms with Crippen molar-refractivity contribution in [1.82, 2.24) is 5.32 Å². The van der Waals surface area contributed by atoms with Crippen LogP contribution in [0.2, 0.25) is 0 Å². The van der Waals surface area contributed by atoms with Crippen molar-refractivity contribution in [3.8, 4) is 0 Å². The third-order valence-electron chi connectivity index (χ3n) is 2.07. The monoisotopic (exact) mass is 259 g/mol. The third kappa shape index (κ3) is 9.93. The van der Waals surface area contributed by atoms with Crippen molar-refractivity contribution >= 4 is 23.6 Å². The van der Waals surface area contributed by atoms with Crippen LogP contribution in [0.5, 0.6) is 0 Å². The zero-order valence-electron chi connectivity index (χ0n) is 10.5. The predicted octanol–water partition coefficient (Wildman–Crippen LogP) is 1.91. The first-order valence-corrected chi connectivity index (χ1v) is 6.70. The lowest BCUT2D eigenvalue weighted by Crippen LogP contribution is -2.31. The Morgan fingerprint density at radius 3 is 2.59 bits per heavy atom. The summed E-state index contributed by atoms with van der Waals surface area (Å²) in [5.41, 5.74) is -0.496. The maximum absolute atomic E-state index is 11.5. The van der Waals surface area contributed by atoms with Gasteiger partial charge in [0, 0.05) is 24.5 Å². The molecule has 0 spiro atoms. The first-order chi connectivity index (χ1) is 7.87. The van der Waals surface area contributed by atoms with Gasteiger partial charge in [0.25, 0.3) is 0 Å². The number of hydrogen-bond donors (Lipinski definition) is 2. The summed E-state index contributed by atoms with van der Waals surface area (Å²) in [5.74, 6) is 0.761. The molecule has 0 saturated carbocycles. The Labute approximate surface area is 107 Å². The van der Waals surface area contributed by atoms with Gasteiger partial charge in [-0.1, -0.05) is 19.9 Å². The van der Waals surface area contributed by atoms with Gasteiger partial charge >= 0.3 is 5.97 Å². The molecule has 0 aromatic rings. The second kappa shape index (κ2) is 8.17. The summed E-state index contributed by atoms with van der Waals surface area (Å²) < 4.78 is 0. The van der Waals surface area contributed by atoms with Crippen LogP contribution in [0.25, 0.3) is 0 Å². The molecule has 0 aliphatic heterocycles. The highest BCUT2D eigenvalue weighted by atomic mass is 32.2. The number of carbonyl (C=O) groups excluding carboxylic acids is 1. The highest BCUT2D eigenvalue weighted by molar-refractivity contribution is 7.99. The standard InChI is InChI=1S/C12H21NO3S/c1-4-6-17-7-5-13-10(14)8-12(2,3)9-11(15)16/h4H,1,5-9H2,2-3H3,(H,13,14)(H,15,16). The van der Waals surface area contributed by atoms with Gasteiger partial charge in [-0.05, 0) is 5.41 Å². The van der Waals surface area contributed by atoms with E-state index in [-0.39, 0.29) is 18.7 Å². The van der Waals surface area contributed by atoms with Crippen LogP contribution >= 0.6 is 11.8 Å². The topological polar surface area (TPSA) is 66.4 Å². The molecule has 0 aliphatic rings. The van der Waals surface area contributed by atoms with Crippen molar-refractivity contribution in [2.75, 3.05) is 18.1 Å². The molecule has 0 fully saturated rings. The molecule has 98 valence electrons. The SMILES string of the molecule is C=CCSCCNC(=O)CC(C)(C)CC(=O)O. The fraction of sp³-hybridized carbons (Fsp3) is 0.667. The van der Waals surface area contributed by atoms with Crippen molar-refractivity contribution in [1.29, 1.82) is 0 Å². The number of thioether (sulfide) groups is 1. The summed E-state index contributed by atoms with van der Waals surface area (Å²) in [7, 11) is 0. The van der Waals surface area contributed by atoms with Gasteiger partial charge in [-0.25, -0.2) is 0 Å². The first kappa shape index (κ1) is 16.0. The van der Waals surface area contributed by atoms with E-state index in [0.29, 0.717) is 6.54 Å². The minimum Gasteiger partial charge on any atom is -0.481 e. The van der Waals surface area contributed by atoms with Crippen LogP contribution in [0.1, 0.15) is 26.7 Å². The van der Waals surface area contributed by atoms with Gasteiger partial charge in [0.15, 0.2) is 0 Å². The number of rotatable bonds is 9. The average Bonchev–Trinajstić information content (AvgIpc) is 2.14. The van der Waals surface area contributed by atoms with Gasteiger partial charge in [-0.15, -0.1) is 6.58 Å². The molecule has 5 heteroatoms. The number of amides is 1. The van der Waals surface area contributed by atoms with Crippen molar-refractivity contribution < 1.29 is 14.7 Å². The number of aliphatic carboxylic acids is 1. The lowest BCUT2D eigenvalue weighted by atomic mass is 9.85. The molecular weight excluding hydrogens is 238 g/mol. The van der Waals surface area contributed by atoms with Gasteiger partial charge in [0.05, 0.1) is 6.42 Å². The Bertz CT molecular complexity index is 277. The summed E-state index contributed by atoms with van der Waals surface area (Å²) in [5, 5.41) is 11.5. The molecule has 2 N–H and O–H groups in total. The number of nitrogens with one attached hydrogen (secondary N) is 1. The predicted molar refractivity (Wildman–Crippen MR) is 71.2 cm³/mol. The second-order valence-corrected chi connectivity index (χ2v) is 5.77. The van der Waals surface area contributed by atoms with E-state index in [1.165, 1.54) is 0 Å². The summed E-state index contributed by atoms with van der Waals surface area (Å²) in [6.45, 7) is 7.79. The summed E-state index contributed by atoms with van der Waals surface area (Å²) in [4.78, 5) is 22.1. The molecule has 4 nitrogen and oxygen atoms in total. The summed E-state index contributed by atoms with van der Waals surface area (Å²) in [6.07, 6.45) is 2.07. The Kier molecular flexibility index (Phi) is 7.70. The Morgan fingerprint density at radius 1 is 1.41 bits per heavy atom. The van der Waals surface area contributed by atoms with Crippen LogP contribution in [0.15, 0.2) is 12.7 Å².